The summed E-state index contributed by atoms with van der Waals surface area (Å²) in [7, 11) is 0. The molecule has 0 unspecified atom stereocenters. The maximum absolute atomic E-state index is 12.2. The fraction of sp³-hybridized carbons (Fsp3) is 0.389. The minimum Gasteiger partial charge on any atom is -0.456 e. The fourth-order valence-electron chi connectivity index (χ4n) is 2.70. The number of aromatic nitrogens is 1. The number of pyridine rings is 1. The van der Waals surface area contributed by atoms with Gasteiger partial charge in [-0.25, -0.2) is 0 Å². The molecular weight excluding hydrogens is 405 g/mol. The number of halogens is 1. The number of rotatable bonds is 6. The molecule has 1 heterocycles. The Balaban J connectivity index is 2.51. The van der Waals surface area contributed by atoms with Crippen LogP contribution >= 0.6 is 22.6 Å². The number of aliphatic hydroxyl groups excluding tert-OH is 1. The third kappa shape index (κ3) is 4.35. The molecule has 2 rings (SSSR count). The number of aryl methyl sites for hydroxylation is 3. The summed E-state index contributed by atoms with van der Waals surface area (Å²) in [5.41, 5.74) is 3.96. The van der Waals surface area contributed by atoms with Gasteiger partial charge in [0.25, 0.3) is 5.56 Å². The Morgan fingerprint density at radius 3 is 2.43 bits per heavy atom. The molecule has 2 N–H and O–H groups in total. The summed E-state index contributed by atoms with van der Waals surface area (Å²) in [6, 6.07) is 6.03. The van der Waals surface area contributed by atoms with Crippen LogP contribution in [-0.4, -0.2) is 16.7 Å². The Morgan fingerprint density at radius 1 is 1.22 bits per heavy atom. The van der Waals surface area contributed by atoms with Crippen LogP contribution in [0.5, 0.6) is 11.5 Å². The second kappa shape index (κ2) is 7.97. The molecule has 0 aliphatic rings. The normalized spacial score (nSPS) is 10.8. The highest BCUT2D eigenvalue weighted by Gasteiger charge is 2.17. The first kappa shape index (κ1) is 18.0. The molecule has 23 heavy (non-hydrogen) atoms. The summed E-state index contributed by atoms with van der Waals surface area (Å²) in [5.74, 6) is 1.38. The zero-order chi connectivity index (χ0) is 17.0. The van der Waals surface area contributed by atoms with Crippen LogP contribution in [0.2, 0.25) is 0 Å². The number of hydrogen-bond donors (Lipinski definition) is 2. The standard InChI is InChI=1S/C18H22INO3/c1-4-14-15(6-5-7-21)20-18(22)16(19)17(14)23-13-9-11(2)8-12(3)10-13/h8-10,21H,4-7H2,1-3H3,(H,20,22). The molecule has 0 aliphatic heterocycles. The Hall–Kier alpha value is -1.34. The first-order chi connectivity index (χ1) is 11.0. The van der Waals surface area contributed by atoms with Crippen molar-refractivity contribution in [1.82, 2.24) is 4.98 Å². The van der Waals surface area contributed by atoms with Crippen molar-refractivity contribution in [2.45, 2.75) is 40.0 Å². The number of hydrogen-bond acceptors (Lipinski definition) is 3. The van der Waals surface area contributed by atoms with Gasteiger partial charge in [-0.05, 0) is 79.0 Å². The van der Waals surface area contributed by atoms with Gasteiger partial charge in [0.2, 0.25) is 0 Å². The lowest BCUT2D eigenvalue weighted by atomic mass is 10.1. The van der Waals surface area contributed by atoms with E-state index in [4.69, 9.17) is 9.84 Å². The number of nitrogens with one attached hydrogen (secondary N) is 1. The smallest absolute Gasteiger partial charge is 0.265 e. The van der Waals surface area contributed by atoms with Crippen LogP contribution in [0.3, 0.4) is 0 Å². The minimum atomic E-state index is -0.143. The predicted octanol–water partition coefficient (Wildman–Crippen LogP) is 3.88. The maximum atomic E-state index is 12.2. The first-order valence-corrected chi connectivity index (χ1v) is 8.84. The molecule has 0 saturated carbocycles. The summed E-state index contributed by atoms with van der Waals surface area (Å²) in [4.78, 5) is 15.1. The average Bonchev–Trinajstić information content (AvgIpc) is 2.49. The van der Waals surface area contributed by atoms with Crippen molar-refractivity contribution < 1.29 is 9.84 Å². The number of aliphatic hydroxyl groups is 1. The van der Waals surface area contributed by atoms with Gasteiger partial charge in [0.05, 0.1) is 0 Å². The lowest BCUT2D eigenvalue weighted by Gasteiger charge is -2.16. The highest BCUT2D eigenvalue weighted by molar-refractivity contribution is 14.1. The molecule has 1 aromatic heterocycles. The summed E-state index contributed by atoms with van der Waals surface area (Å²) in [6.07, 6.45) is 2.01. The fourth-order valence-corrected chi connectivity index (χ4v) is 3.27. The molecule has 1 aromatic carbocycles. The van der Waals surface area contributed by atoms with Crippen LogP contribution in [0.15, 0.2) is 23.0 Å². The third-order valence-electron chi connectivity index (χ3n) is 3.66. The average molecular weight is 427 g/mol. The summed E-state index contributed by atoms with van der Waals surface area (Å²) >= 11 is 2.03. The molecule has 0 amide bonds. The van der Waals surface area contributed by atoms with Crippen LogP contribution in [0.1, 0.15) is 35.7 Å². The molecule has 124 valence electrons. The zero-order valence-electron chi connectivity index (χ0n) is 13.7. The Kier molecular flexibility index (Phi) is 6.24. The number of H-pyrrole nitrogens is 1. The van der Waals surface area contributed by atoms with Gasteiger partial charge < -0.3 is 14.8 Å². The molecule has 4 nitrogen and oxygen atoms in total. The van der Waals surface area contributed by atoms with E-state index in [1.807, 2.05) is 55.5 Å². The highest BCUT2D eigenvalue weighted by Crippen LogP contribution is 2.31. The van der Waals surface area contributed by atoms with Gasteiger partial charge in [0.1, 0.15) is 9.32 Å². The second-order valence-corrected chi connectivity index (χ2v) is 6.74. The highest BCUT2D eigenvalue weighted by atomic mass is 127. The number of ether oxygens (including phenoxy) is 1. The molecule has 0 fully saturated rings. The van der Waals surface area contributed by atoms with E-state index < -0.39 is 0 Å². The molecule has 5 heteroatoms. The Morgan fingerprint density at radius 2 is 1.87 bits per heavy atom. The molecule has 0 radical (unpaired) electrons. The van der Waals surface area contributed by atoms with Crippen LogP contribution in [0.4, 0.5) is 0 Å². The van der Waals surface area contributed by atoms with E-state index in [-0.39, 0.29) is 12.2 Å². The number of benzene rings is 1. The van der Waals surface area contributed by atoms with Crippen LogP contribution in [0, 0.1) is 17.4 Å². The van der Waals surface area contributed by atoms with Gasteiger partial charge in [0.15, 0.2) is 5.75 Å². The summed E-state index contributed by atoms with van der Waals surface area (Å²) < 4.78 is 6.67. The van der Waals surface area contributed by atoms with Crippen molar-refractivity contribution in [2.75, 3.05) is 6.61 Å². The molecule has 0 atom stereocenters. The molecular formula is C18H22INO3. The van der Waals surface area contributed by atoms with E-state index in [1.54, 1.807) is 0 Å². The predicted molar refractivity (Wildman–Crippen MR) is 101 cm³/mol. The second-order valence-electron chi connectivity index (χ2n) is 5.66. The monoisotopic (exact) mass is 427 g/mol. The van der Waals surface area contributed by atoms with Crippen molar-refractivity contribution in [2.24, 2.45) is 0 Å². The van der Waals surface area contributed by atoms with Crippen molar-refractivity contribution >= 4 is 22.6 Å². The van der Waals surface area contributed by atoms with Crippen LogP contribution < -0.4 is 10.3 Å². The van der Waals surface area contributed by atoms with Gasteiger partial charge in [-0.2, -0.15) is 0 Å². The Bertz CT molecular complexity index is 732. The van der Waals surface area contributed by atoms with Crippen molar-refractivity contribution in [3.8, 4) is 11.5 Å². The van der Waals surface area contributed by atoms with Crippen LogP contribution in [0.25, 0.3) is 0 Å². The number of aromatic amines is 1. The lowest BCUT2D eigenvalue weighted by molar-refractivity contribution is 0.288. The largest absolute Gasteiger partial charge is 0.456 e. The van der Waals surface area contributed by atoms with E-state index in [0.29, 0.717) is 22.2 Å². The van der Waals surface area contributed by atoms with Gasteiger partial charge in [-0.3, -0.25) is 4.79 Å². The van der Waals surface area contributed by atoms with E-state index in [9.17, 15) is 4.79 Å². The molecule has 0 saturated heterocycles. The van der Waals surface area contributed by atoms with Gasteiger partial charge in [-0.1, -0.05) is 13.0 Å². The van der Waals surface area contributed by atoms with E-state index in [1.165, 1.54) is 0 Å². The van der Waals surface area contributed by atoms with Crippen LogP contribution in [-0.2, 0) is 12.8 Å². The van der Waals surface area contributed by atoms with E-state index in [2.05, 4.69) is 11.1 Å². The summed E-state index contributed by atoms with van der Waals surface area (Å²) in [5, 5.41) is 9.06. The van der Waals surface area contributed by atoms with Crippen molar-refractivity contribution in [3.05, 3.63) is 54.5 Å². The van der Waals surface area contributed by atoms with Gasteiger partial charge >= 0.3 is 0 Å². The molecule has 0 bridgehead atoms. The van der Waals surface area contributed by atoms with E-state index >= 15 is 0 Å². The van der Waals surface area contributed by atoms with Crippen molar-refractivity contribution in [3.63, 3.8) is 0 Å². The SMILES string of the molecule is CCc1c(CCCO)[nH]c(=O)c(I)c1Oc1cc(C)cc(C)c1. The molecule has 2 aromatic rings. The Labute approximate surface area is 150 Å². The molecule has 0 spiro atoms. The topological polar surface area (TPSA) is 62.3 Å². The third-order valence-corrected chi connectivity index (χ3v) is 4.63. The van der Waals surface area contributed by atoms with E-state index in [0.717, 1.165) is 34.6 Å². The van der Waals surface area contributed by atoms with Crippen molar-refractivity contribution in [1.29, 1.82) is 0 Å². The van der Waals surface area contributed by atoms with Gasteiger partial charge in [-0.15, -0.1) is 0 Å². The molecule has 0 aliphatic carbocycles. The summed E-state index contributed by atoms with van der Waals surface area (Å²) in [6.45, 7) is 6.19. The quantitative estimate of drug-likeness (QED) is 0.688. The first-order valence-electron chi connectivity index (χ1n) is 7.76. The van der Waals surface area contributed by atoms with Gasteiger partial charge in [0, 0.05) is 17.9 Å². The maximum Gasteiger partial charge on any atom is 0.265 e. The lowest BCUT2D eigenvalue weighted by Crippen LogP contribution is -2.17. The zero-order valence-corrected chi connectivity index (χ0v) is 15.9. The minimum absolute atomic E-state index is 0.102.